The van der Waals surface area contributed by atoms with E-state index in [1.165, 1.54) is 17.4 Å². The predicted molar refractivity (Wildman–Crippen MR) is 99.5 cm³/mol. The predicted octanol–water partition coefficient (Wildman–Crippen LogP) is 3.61. The molecule has 1 aromatic heterocycles. The lowest BCUT2D eigenvalue weighted by molar-refractivity contribution is -0.385. The van der Waals surface area contributed by atoms with Crippen LogP contribution < -0.4 is 10.1 Å². The third kappa shape index (κ3) is 3.32. The fraction of sp³-hybridized carbons (Fsp3) is 0.111. The first-order valence-electron chi connectivity index (χ1n) is 8.01. The second-order valence-corrected chi connectivity index (χ2v) is 6.73. The van der Waals surface area contributed by atoms with Gasteiger partial charge in [0, 0.05) is 29.0 Å². The zero-order valence-corrected chi connectivity index (χ0v) is 14.7. The van der Waals surface area contributed by atoms with Crippen LogP contribution >= 0.6 is 11.3 Å². The highest BCUT2D eigenvalue weighted by Gasteiger charge is 2.18. The van der Waals surface area contributed by atoms with Gasteiger partial charge in [0.1, 0.15) is 5.75 Å². The number of phenols is 1. The zero-order chi connectivity index (χ0) is 19.0. The number of nitrogens with one attached hydrogen (secondary N) is 1. The smallest absolute Gasteiger partial charge is 0.310 e. The van der Waals surface area contributed by atoms with Crippen LogP contribution in [-0.2, 0) is 6.42 Å². The van der Waals surface area contributed by atoms with Crippen molar-refractivity contribution in [3.63, 3.8) is 0 Å². The summed E-state index contributed by atoms with van der Waals surface area (Å²) in [6, 6.07) is 9.28. The van der Waals surface area contributed by atoms with Crippen LogP contribution in [0.1, 0.15) is 15.9 Å². The number of nitro benzene ring substituents is 1. The lowest BCUT2D eigenvalue weighted by Crippen LogP contribution is -2.11. The summed E-state index contributed by atoms with van der Waals surface area (Å²) in [5, 5.41) is 25.3. The summed E-state index contributed by atoms with van der Waals surface area (Å²) in [6.45, 7) is 0.680. The fourth-order valence-electron chi connectivity index (χ4n) is 2.80. The van der Waals surface area contributed by atoms with E-state index in [0.717, 1.165) is 41.1 Å². The highest BCUT2D eigenvalue weighted by Crippen LogP contribution is 2.32. The van der Waals surface area contributed by atoms with Gasteiger partial charge in [-0.1, -0.05) is 0 Å². The molecule has 0 saturated heterocycles. The average Bonchev–Trinajstić information content (AvgIpc) is 3.29. The molecule has 0 bridgehead atoms. The summed E-state index contributed by atoms with van der Waals surface area (Å²) >= 11 is 1.27. The Balaban J connectivity index is 1.51. The molecule has 0 unspecified atom stereocenters. The maximum Gasteiger partial charge on any atom is 0.310 e. The van der Waals surface area contributed by atoms with Crippen molar-refractivity contribution in [3.05, 3.63) is 63.0 Å². The van der Waals surface area contributed by atoms with Gasteiger partial charge in [-0.2, -0.15) is 0 Å². The SMILES string of the molecule is O=C(Nc1nc(-c2ccc3c(c2)CCO3)cs1)c1ccc([N+](=O)[O-])c(O)c1. The second kappa shape index (κ2) is 6.69. The van der Waals surface area contributed by atoms with E-state index in [2.05, 4.69) is 10.3 Å². The summed E-state index contributed by atoms with van der Waals surface area (Å²) in [5.41, 5.74) is 2.45. The fourth-order valence-corrected chi connectivity index (χ4v) is 3.51. The van der Waals surface area contributed by atoms with Crippen molar-refractivity contribution >= 4 is 28.1 Å². The third-order valence-corrected chi connectivity index (χ3v) is 4.90. The first-order chi connectivity index (χ1) is 13.0. The third-order valence-electron chi connectivity index (χ3n) is 4.14. The first kappa shape index (κ1) is 17.0. The Kier molecular flexibility index (Phi) is 4.21. The standard InChI is InChI=1S/C18H13N3O5S/c22-15-8-12(1-3-14(15)21(24)25)17(23)20-18-19-13(9-27-18)10-2-4-16-11(7-10)5-6-26-16/h1-4,7-9,22H,5-6H2,(H,19,20,23). The Labute approximate surface area is 157 Å². The van der Waals surface area contributed by atoms with Gasteiger partial charge in [0.05, 0.1) is 17.2 Å². The monoisotopic (exact) mass is 383 g/mol. The summed E-state index contributed by atoms with van der Waals surface area (Å²) < 4.78 is 5.49. The number of nitrogens with zero attached hydrogens (tertiary/aromatic N) is 2. The van der Waals surface area contributed by atoms with E-state index in [0.29, 0.717) is 11.7 Å². The number of amides is 1. The largest absolute Gasteiger partial charge is 0.502 e. The Bertz CT molecular complexity index is 1060. The number of hydrogen-bond acceptors (Lipinski definition) is 7. The van der Waals surface area contributed by atoms with Crippen LogP contribution in [0.25, 0.3) is 11.3 Å². The molecule has 2 aromatic carbocycles. The van der Waals surface area contributed by atoms with Crippen LogP contribution in [0.2, 0.25) is 0 Å². The van der Waals surface area contributed by atoms with E-state index >= 15 is 0 Å². The number of hydrogen-bond donors (Lipinski definition) is 2. The topological polar surface area (TPSA) is 115 Å². The van der Waals surface area contributed by atoms with Gasteiger partial charge < -0.3 is 9.84 Å². The molecule has 1 aliphatic heterocycles. The van der Waals surface area contributed by atoms with Crippen molar-refractivity contribution in [1.29, 1.82) is 0 Å². The number of phenolic OH excluding ortho intramolecular Hbond substituents is 1. The highest BCUT2D eigenvalue weighted by molar-refractivity contribution is 7.14. The van der Waals surface area contributed by atoms with Crippen molar-refractivity contribution in [2.75, 3.05) is 11.9 Å². The molecule has 4 rings (SSSR count). The maximum absolute atomic E-state index is 12.3. The lowest BCUT2D eigenvalue weighted by Gasteiger charge is -2.03. The quantitative estimate of drug-likeness (QED) is 0.525. The van der Waals surface area contributed by atoms with Crippen molar-refractivity contribution < 1.29 is 19.6 Å². The molecule has 2 heterocycles. The summed E-state index contributed by atoms with van der Waals surface area (Å²) in [7, 11) is 0. The molecule has 0 spiro atoms. The van der Waals surface area contributed by atoms with Gasteiger partial charge in [-0.05, 0) is 35.9 Å². The molecule has 2 N–H and O–H groups in total. The molecule has 0 fully saturated rings. The number of nitro groups is 1. The van der Waals surface area contributed by atoms with Gasteiger partial charge in [0.15, 0.2) is 10.9 Å². The minimum absolute atomic E-state index is 0.101. The van der Waals surface area contributed by atoms with E-state index in [9.17, 15) is 20.0 Å². The average molecular weight is 383 g/mol. The molecule has 136 valence electrons. The highest BCUT2D eigenvalue weighted by atomic mass is 32.1. The van der Waals surface area contributed by atoms with Crippen LogP contribution in [0.15, 0.2) is 41.8 Å². The molecule has 1 amide bonds. The van der Waals surface area contributed by atoms with Crippen LogP contribution in [0.5, 0.6) is 11.5 Å². The van der Waals surface area contributed by atoms with E-state index in [1.807, 2.05) is 23.6 Å². The number of rotatable bonds is 4. The number of carbonyl (C=O) groups is 1. The second-order valence-electron chi connectivity index (χ2n) is 5.87. The molecule has 0 aliphatic carbocycles. The molecule has 9 heteroatoms. The molecule has 27 heavy (non-hydrogen) atoms. The minimum Gasteiger partial charge on any atom is -0.502 e. The van der Waals surface area contributed by atoms with Crippen molar-refractivity contribution in [2.45, 2.75) is 6.42 Å². The summed E-state index contributed by atoms with van der Waals surface area (Å²) in [4.78, 5) is 26.7. The van der Waals surface area contributed by atoms with Crippen LogP contribution in [0, 0.1) is 10.1 Å². The van der Waals surface area contributed by atoms with Gasteiger partial charge in [0.25, 0.3) is 5.91 Å². The summed E-state index contributed by atoms with van der Waals surface area (Å²) in [6.07, 6.45) is 0.862. The maximum atomic E-state index is 12.3. The van der Waals surface area contributed by atoms with Gasteiger partial charge in [0.2, 0.25) is 0 Å². The molecular formula is C18H13N3O5S. The molecule has 3 aromatic rings. The molecule has 0 radical (unpaired) electrons. The molecule has 1 aliphatic rings. The number of benzene rings is 2. The van der Waals surface area contributed by atoms with Gasteiger partial charge in [-0.25, -0.2) is 4.98 Å². The van der Waals surface area contributed by atoms with Crippen LogP contribution in [-0.4, -0.2) is 27.5 Å². The molecule has 8 nitrogen and oxygen atoms in total. The minimum atomic E-state index is -0.716. The zero-order valence-electron chi connectivity index (χ0n) is 13.8. The molecular weight excluding hydrogens is 370 g/mol. The van der Waals surface area contributed by atoms with Crippen molar-refractivity contribution in [3.8, 4) is 22.8 Å². The summed E-state index contributed by atoms with van der Waals surface area (Å²) in [5.74, 6) is -0.184. The number of thiazole rings is 1. The van der Waals surface area contributed by atoms with Gasteiger partial charge in [-0.3, -0.25) is 20.2 Å². The Hall–Kier alpha value is -3.46. The van der Waals surface area contributed by atoms with Crippen LogP contribution in [0.3, 0.4) is 0 Å². The van der Waals surface area contributed by atoms with Crippen molar-refractivity contribution in [2.24, 2.45) is 0 Å². The Morgan fingerprint density at radius 3 is 2.93 bits per heavy atom. The molecule has 0 saturated carbocycles. The van der Waals surface area contributed by atoms with Crippen LogP contribution in [0.4, 0.5) is 10.8 Å². The lowest BCUT2D eigenvalue weighted by atomic mass is 10.1. The van der Waals surface area contributed by atoms with Crippen molar-refractivity contribution in [1.82, 2.24) is 4.98 Å². The number of ether oxygens (including phenoxy) is 1. The normalized spacial score (nSPS) is 12.3. The number of aromatic nitrogens is 1. The number of anilines is 1. The Morgan fingerprint density at radius 2 is 2.15 bits per heavy atom. The number of fused-ring (bicyclic) bond motifs is 1. The Morgan fingerprint density at radius 1 is 1.30 bits per heavy atom. The van der Waals surface area contributed by atoms with Gasteiger partial charge in [-0.15, -0.1) is 11.3 Å². The van der Waals surface area contributed by atoms with Gasteiger partial charge >= 0.3 is 5.69 Å². The molecule has 0 atom stereocenters. The van der Waals surface area contributed by atoms with E-state index in [-0.39, 0.29) is 5.56 Å². The van der Waals surface area contributed by atoms with E-state index in [1.54, 1.807) is 0 Å². The van der Waals surface area contributed by atoms with E-state index in [4.69, 9.17) is 4.74 Å². The van der Waals surface area contributed by atoms with E-state index < -0.39 is 22.3 Å². The first-order valence-corrected chi connectivity index (χ1v) is 8.89. The number of carbonyl (C=O) groups excluding carboxylic acids is 1. The number of aromatic hydroxyl groups is 1.